The van der Waals surface area contributed by atoms with E-state index >= 15 is 0 Å². The molecule has 0 aliphatic carbocycles. The number of esters is 1. The van der Waals surface area contributed by atoms with Crippen LogP contribution in [-0.2, 0) is 9.53 Å². The van der Waals surface area contributed by atoms with Gasteiger partial charge in [0.15, 0.2) is 0 Å². The largest absolute Gasteiger partial charge is 0.459 e. The molecule has 1 unspecified atom stereocenters. The zero-order valence-electron chi connectivity index (χ0n) is 14.8. The van der Waals surface area contributed by atoms with E-state index in [0.29, 0.717) is 13.1 Å². The lowest BCUT2D eigenvalue weighted by molar-refractivity contribution is -0.143. The van der Waals surface area contributed by atoms with Crippen LogP contribution in [0.15, 0.2) is 23.9 Å². The lowest BCUT2D eigenvalue weighted by atomic mass is 10.1. The van der Waals surface area contributed by atoms with Crippen LogP contribution in [0.1, 0.15) is 46.0 Å². The van der Waals surface area contributed by atoms with E-state index in [-0.39, 0.29) is 24.9 Å². The number of hydrogen-bond acceptors (Lipinski definition) is 6. The van der Waals surface area contributed by atoms with E-state index in [1.54, 1.807) is 11.1 Å². The summed E-state index contributed by atoms with van der Waals surface area (Å²) in [6.45, 7) is 4.62. The van der Waals surface area contributed by atoms with Crippen LogP contribution in [0, 0.1) is 11.3 Å². The molecule has 0 aliphatic heterocycles. The van der Waals surface area contributed by atoms with E-state index in [4.69, 9.17) is 20.2 Å². The van der Waals surface area contributed by atoms with Crippen LogP contribution in [0.5, 0.6) is 0 Å². The SMILES string of the molecule is CCCCCCC(C)OC(=O)/C(C#N)=C\C=C\N(CCO)CCO. The van der Waals surface area contributed by atoms with E-state index in [1.165, 1.54) is 18.6 Å². The third-order valence-corrected chi connectivity index (χ3v) is 3.45. The molecule has 0 bridgehead atoms. The number of carbonyl (C=O) groups excluding carboxylic acids is 1. The van der Waals surface area contributed by atoms with Gasteiger partial charge in [0.05, 0.1) is 19.3 Å². The molecular weight excluding hydrogens is 308 g/mol. The molecule has 24 heavy (non-hydrogen) atoms. The second kappa shape index (κ2) is 14.7. The lowest BCUT2D eigenvalue weighted by Gasteiger charge is -2.17. The monoisotopic (exact) mass is 338 g/mol. The average molecular weight is 338 g/mol. The minimum atomic E-state index is -0.624. The Morgan fingerprint density at radius 1 is 1.25 bits per heavy atom. The molecule has 0 fully saturated rings. The second-order valence-electron chi connectivity index (χ2n) is 5.58. The fraction of sp³-hybridized carbons (Fsp3) is 0.667. The van der Waals surface area contributed by atoms with Crippen molar-refractivity contribution in [3.8, 4) is 6.07 Å². The van der Waals surface area contributed by atoms with Crippen molar-refractivity contribution >= 4 is 5.97 Å². The number of nitriles is 1. The molecule has 2 N–H and O–H groups in total. The zero-order chi connectivity index (χ0) is 18.2. The molecule has 0 aliphatic rings. The Bertz CT molecular complexity index is 435. The van der Waals surface area contributed by atoms with E-state index in [0.717, 1.165) is 25.7 Å². The molecule has 0 aromatic rings. The van der Waals surface area contributed by atoms with Gasteiger partial charge >= 0.3 is 5.97 Å². The minimum absolute atomic E-state index is 0.0449. The van der Waals surface area contributed by atoms with Gasteiger partial charge in [-0.25, -0.2) is 4.79 Å². The second-order valence-corrected chi connectivity index (χ2v) is 5.58. The van der Waals surface area contributed by atoms with Crippen LogP contribution >= 0.6 is 0 Å². The number of carbonyl (C=O) groups is 1. The van der Waals surface area contributed by atoms with Crippen molar-refractivity contribution in [3.05, 3.63) is 23.9 Å². The van der Waals surface area contributed by atoms with Crippen LogP contribution in [0.2, 0.25) is 0 Å². The van der Waals surface area contributed by atoms with Crippen molar-refractivity contribution in [3.63, 3.8) is 0 Å². The summed E-state index contributed by atoms with van der Waals surface area (Å²) in [5, 5.41) is 26.9. The number of unbranched alkanes of at least 4 members (excludes halogenated alkanes) is 3. The highest BCUT2D eigenvalue weighted by Gasteiger charge is 2.13. The number of nitrogens with zero attached hydrogens (tertiary/aromatic N) is 2. The number of allylic oxidation sites excluding steroid dienone is 2. The van der Waals surface area contributed by atoms with Gasteiger partial charge in [0.25, 0.3) is 0 Å². The van der Waals surface area contributed by atoms with Crippen LogP contribution in [0.3, 0.4) is 0 Å². The van der Waals surface area contributed by atoms with E-state index < -0.39 is 5.97 Å². The Hall–Kier alpha value is -1.84. The standard InChI is InChI=1S/C18H30N2O4/c1-3-4-5-6-8-16(2)24-18(23)17(15-19)9-7-10-20(11-13-21)12-14-22/h7,9-10,16,21-22H,3-6,8,11-14H2,1-2H3/b10-7+,17-9-. The maximum Gasteiger partial charge on any atom is 0.349 e. The van der Waals surface area contributed by atoms with Crippen molar-refractivity contribution in [1.82, 2.24) is 4.90 Å². The van der Waals surface area contributed by atoms with Gasteiger partial charge in [-0.3, -0.25) is 0 Å². The summed E-state index contributed by atoms with van der Waals surface area (Å²) < 4.78 is 5.28. The topological polar surface area (TPSA) is 93.8 Å². The van der Waals surface area contributed by atoms with Gasteiger partial charge in [0.1, 0.15) is 11.6 Å². The van der Waals surface area contributed by atoms with E-state index in [1.807, 2.05) is 13.0 Å². The predicted octanol–water partition coefficient (Wildman–Crippen LogP) is 2.14. The summed E-state index contributed by atoms with van der Waals surface area (Å²) in [5.74, 6) is -0.624. The van der Waals surface area contributed by atoms with Gasteiger partial charge in [-0.1, -0.05) is 26.2 Å². The highest BCUT2D eigenvalue weighted by Crippen LogP contribution is 2.10. The molecule has 6 nitrogen and oxygen atoms in total. The highest BCUT2D eigenvalue weighted by molar-refractivity contribution is 5.93. The number of rotatable bonds is 13. The summed E-state index contributed by atoms with van der Waals surface area (Å²) in [7, 11) is 0. The van der Waals surface area contributed by atoms with E-state index in [9.17, 15) is 4.79 Å². The van der Waals surface area contributed by atoms with Gasteiger partial charge < -0.3 is 19.8 Å². The van der Waals surface area contributed by atoms with Crippen molar-refractivity contribution in [2.75, 3.05) is 26.3 Å². The first kappa shape index (κ1) is 22.2. The van der Waals surface area contributed by atoms with Crippen molar-refractivity contribution in [2.24, 2.45) is 0 Å². The van der Waals surface area contributed by atoms with Crippen LogP contribution < -0.4 is 0 Å². The smallest absolute Gasteiger partial charge is 0.349 e. The van der Waals surface area contributed by atoms with Crippen LogP contribution in [0.4, 0.5) is 0 Å². The average Bonchev–Trinajstić information content (AvgIpc) is 2.55. The molecule has 0 aromatic carbocycles. The summed E-state index contributed by atoms with van der Waals surface area (Å²) in [6, 6.07) is 1.84. The summed E-state index contributed by atoms with van der Waals surface area (Å²) in [5.41, 5.74) is -0.0698. The molecule has 0 saturated heterocycles. The first-order chi connectivity index (χ1) is 11.6. The zero-order valence-corrected chi connectivity index (χ0v) is 14.8. The molecule has 6 heteroatoms. The third kappa shape index (κ3) is 10.8. The predicted molar refractivity (Wildman–Crippen MR) is 92.9 cm³/mol. The number of aliphatic hydroxyl groups excluding tert-OH is 2. The summed E-state index contributed by atoms with van der Waals surface area (Å²) in [6.07, 6.45) is 9.57. The maximum absolute atomic E-state index is 12.0. The number of aliphatic hydroxyl groups is 2. The molecule has 0 radical (unpaired) electrons. The van der Waals surface area contributed by atoms with Crippen LogP contribution in [-0.4, -0.2) is 53.5 Å². The van der Waals surface area contributed by atoms with Gasteiger partial charge in [0, 0.05) is 13.1 Å². The quantitative estimate of drug-likeness (QED) is 0.176. The molecule has 0 amide bonds. The molecule has 136 valence electrons. The van der Waals surface area contributed by atoms with Crippen molar-refractivity contribution in [1.29, 1.82) is 5.26 Å². The molecule has 1 atom stereocenters. The number of hydrogen-bond donors (Lipinski definition) is 2. The van der Waals surface area contributed by atoms with Crippen molar-refractivity contribution < 1.29 is 19.7 Å². The van der Waals surface area contributed by atoms with E-state index in [2.05, 4.69) is 6.92 Å². The fourth-order valence-corrected chi connectivity index (χ4v) is 2.09. The van der Waals surface area contributed by atoms with Gasteiger partial charge in [-0.2, -0.15) is 5.26 Å². The van der Waals surface area contributed by atoms with Gasteiger partial charge in [-0.05, 0) is 38.1 Å². The Morgan fingerprint density at radius 3 is 2.46 bits per heavy atom. The minimum Gasteiger partial charge on any atom is -0.459 e. The molecule has 0 aromatic heterocycles. The molecule has 0 rings (SSSR count). The normalized spacial score (nSPS) is 12.9. The molecular formula is C18H30N2O4. The Kier molecular flexibility index (Phi) is 13.6. The van der Waals surface area contributed by atoms with Crippen molar-refractivity contribution in [2.45, 2.75) is 52.1 Å². The number of ether oxygens (including phenoxy) is 1. The Morgan fingerprint density at radius 2 is 1.92 bits per heavy atom. The Balaban J connectivity index is 4.48. The Labute approximate surface area is 145 Å². The third-order valence-electron chi connectivity index (χ3n) is 3.45. The molecule has 0 spiro atoms. The summed E-state index contributed by atoms with van der Waals surface area (Å²) >= 11 is 0. The molecule has 0 saturated carbocycles. The van der Waals surface area contributed by atoms with Gasteiger partial charge in [-0.15, -0.1) is 0 Å². The summed E-state index contributed by atoms with van der Waals surface area (Å²) in [4.78, 5) is 13.6. The first-order valence-electron chi connectivity index (χ1n) is 8.54. The highest BCUT2D eigenvalue weighted by atomic mass is 16.5. The fourth-order valence-electron chi connectivity index (χ4n) is 2.09. The maximum atomic E-state index is 12.0. The lowest BCUT2D eigenvalue weighted by Crippen LogP contribution is -2.24. The van der Waals surface area contributed by atoms with Crippen LogP contribution in [0.25, 0.3) is 0 Å². The first-order valence-corrected chi connectivity index (χ1v) is 8.54. The van der Waals surface area contributed by atoms with Gasteiger partial charge in [0.2, 0.25) is 0 Å². The molecule has 0 heterocycles.